The van der Waals surface area contributed by atoms with Crippen LogP contribution in [0, 0.1) is 25.3 Å². The number of nitrogens with one attached hydrogen (secondary N) is 1. The minimum absolute atomic E-state index is 0.575. The van der Waals surface area contributed by atoms with E-state index >= 15 is 0 Å². The summed E-state index contributed by atoms with van der Waals surface area (Å²) in [7, 11) is 1.67. The standard InChI is InChI=1S/C14H15N5/c1-10-6-4-5-7-12(10)18-13-8-14(19(3)9-15)17-11(2)16-13/h4-8H,1-3H3,(H,16,17,18). The van der Waals surface area contributed by atoms with Crippen molar-refractivity contribution in [3.8, 4) is 6.19 Å². The van der Waals surface area contributed by atoms with Crippen LogP contribution in [0.5, 0.6) is 0 Å². The van der Waals surface area contributed by atoms with Crippen LogP contribution in [-0.2, 0) is 0 Å². The van der Waals surface area contributed by atoms with Gasteiger partial charge in [0.1, 0.15) is 17.5 Å². The van der Waals surface area contributed by atoms with E-state index < -0.39 is 0 Å². The normalized spacial score (nSPS) is 9.79. The molecule has 0 radical (unpaired) electrons. The predicted molar refractivity (Wildman–Crippen MR) is 75.2 cm³/mol. The third kappa shape index (κ3) is 2.99. The molecule has 0 amide bonds. The molecule has 1 heterocycles. The van der Waals surface area contributed by atoms with Crippen LogP contribution in [0.4, 0.5) is 17.3 Å². The van der Waals surface area contributed by atoms with E-state index in [1.54, 1.807) is 20.0 Å². The minimum Gasteiger partial charge on any atom is -0.340 e. The van der Waals surface area contributed by atoms with Gasteiger partial charge in [-0.1, -0.05) is 18.2 Å². The molecule has 0 atom stereocenters. The highest BCUT2D eigenvalue weighted by Gasteiger charge is 2.06. The molecule has 0 bridgehead atoms. The number of rotatable bonds is 3. The maximum Gasteiger partial charge on any atom is 0.185 e. The molecular formula is C14H15N5. The van der Waals surface area contributed by atoms with Crippen LogP contribution in [0.15, 0.2) is 30.3 Å². The molecule has 0 saturated heterocycles. The van der Waals surface area contributed by atoms with E-state index in [9.17, 15) is 0 Å². The SMILES string of the molecule is Cc1nc(Nc2ccccc2C)cc(N(C)C#N)n1. The van der Waals surface area contributed by atoms with Crippen LogP contribution in [0.2, 0.25) is 0 Å². The van der Waals surface area contributed by atoms with Crippen molar-refractivity contribution in [2.24, 2.45) is 0 Å². The first-order valence-corrected chi connectivity index (χ1v) is 5.92. The summed E-state index contributed by atoms with van der Waals surface area (Å²) in [6, 6.07) is 9.72. The predicted octanol–water partition coefficient (Wildman–Crippen LogP) is 2.75. The lowest BCUT2D eigenvalue weighted by atomic mass is 10.2. The summed E-state index contributed by atoms with van der Waals surface area (Å²) < 4.78 is 0. The number of anilines is 3. The van der Waals surface area contributed by atoms with Gasteiger partial charge in [-0.2, -0.15) is 5.26 Å². The molecule has 5 heteroatoms. The van der Waals surface area contributed by atoms with Crippen LogP contribution < -0.4 is 10.2 Å². The minimum atomic E-state index is 0.575. The Balaban J connectivity index is 2.34. The Hall–Kier alpha value is -2.61. The molecule has 0 fully saturated rings. The molecule has 1 N–H and O–H groups in total. The molecule has 0 aliphatic rings. The second kappa shape index (κ2) is 5.36. The summed E-state index contributed by atoms with van der Waals surface area (Å²) in [5.41, 5.74) is 2.13. The summed E-state index contributed by atoms with van der Waals surface area (Å²) >= 11 is 0. The Morgan fingerprint density at radius 3 is 2.63 bits per heavy atom. The molecule has 1 aromatic carbocycles. The number of hydrogen-bond donors (Lipinski definition) is 1. The van der Waals surface area contributed by atoms with Gasteiger partial charge in [-0.05, 0) is 25.5 Å². The lowest BCUT2D eigenvalue weighted by Crippen LogP contribution is -2.12. The zero-order valence-corrected chi connectivity index (χ0v) is 11.2. The molecule has 0 saturated carbocycles. The molecule has 19 heavy (non-hydrogen) atoms. The van der Waals surface area contributed by atoms with Gasteiger partial charge in [0.05, 0.1) is 0 Å². The van der Waals surface area contributed by atoms with E-state index in [0.717, 1.165) is 11.3 Å². The second-order valence-corrected chi connectivity index (χ2v) is 4.26. The Morgan fingerprint density at radius 2 is 1.95 bits per heavy atom. The van der Waals surface area contributed by atoms with E-state index in [-0.39, 0.29) is 0 Å². The highest BCUT2D eigenvalue weighted by atomic mass is 15.2. The topological polar surface area (TPSA) is 64.8 Å². The summed E-state index contributed by atoms with van der Waals surface area (Å²) in [5.74, 6) is 1.88. The first kappa shape index (κ1) is 12.8. The first-order chi connectivity index (χ1) is 9.10. The number of hydrogen-bond acceptors (Lipinski definition) is 5. The van der Waals surface area contributed by atoms with E-state index in [2.05, 4.69) is 15.3 Å². The molecule has 96 valence electrons. The van der Waals surface area contributed by atoms with Gasteiger partial charge in [-0.3, -0.25) is 4.90 Å². The van der Waals surface area contributed by atoms with E-state index in [1.807, 2.05) is 37.4 Å². The number of benzene rings is 1. The van der Waals surface area contributed by atoms with E-state index in [0.29, 0.717) is 17.5 Å². The Bertz CT molecular complexity index is 630. The molecule has 1 aromatic heterocycles. The van der Waals surface area contributed by atoms with Gasteiger partial charge in [-0.25, -0.2) is 9.97 Å². The van der Waals surface area contributed by atoms with Gasteiger partial charge in [0.15, 0.2) is 6.19 Å². The smallest absolute Gasteiger partial charge is 0.185 e. The average Bonchev–Trinajstić information content (AvgIpc) is 2.40. The zero-order valence-electron chi connectivity index (χ0n) is 11.2. The monoisotopic (exact) mass is 253 g/mol. The Morgan fingerprint density at radius 1 is 1.21 bits per heavy atom. The molecule has 0 spiro atoms. The second-order valence-electron chi connectivity index (χ2n) is 4.26. The van der Waals surface area contributed by atoms with E-state index in [1.165, 1.54) is 4.90 Å². The average molecular weight is 253 g/mol. The first-order valence-electron chi connectivity index (χ1n) is 5.92. The van der Waals surface area contributed by atoms with Crippen molar-refractivity contribution in [2.75, 3.05) is 17.3 Å². The fourth-order valence-electron chi connectivity index (χ4n) is 1.69. The molecule has 2 aromatic rings. The van der Waals surface area contributed by atoms with E-state index in [4.69, 9.17) is 5.26 Å². The summed E-state index contributed by atoms with van der Waals surface area (Å²) in [4.78, 5) is 9.95. The molecule has 0 aliphatic carbocycles. The lowest BCUT2D eigenvalue weighted by molar-refractivity contribution is 1.02. The van der Waals surface area contributed by atoms with Crippen molar-refractivity contribution in [3.05, 3.63) is 41.7 Å². The lowest BCUT2D eigenvalue weighted by Gasteiger charge is -2.12. The van der Waals surface area contributed by atoms with Gasteiger partial charge >= 0.3 is 0 Å². The third-order valence-electron chi connectivity index (χ3n) is 2.73. The number of nitriles is 1. The van der Waals surface area contributed by atoms with Gasteiger partial charge in [0, 0.05) is 18.8 Å². The summed E-state index contributed by atoms with van der Waals surface area (Å²) in [5, 5.41) is 12.1. The van der Waals surface area contributed by atoms with Crippen LogP contribution in [0.25, 0.3) is 0 Å². The number of nitrogens with zero attached hydrogens (tertiary/aromatic N) is 4. The fraction of sp³-hybridized carbons (Fsp3) is 0.214. The molecule has 5 nitrogen and oxygen atoms in total. The summed E-state index contributed by atoms with van der Waals surface area (Å²) in [6.07, 6.45) is 2.03. The summed E-state index contributed by atoms with van der Waals surface area (Å²) in [6.45, 7) is 3.83. The third-order valence-corrected chi connectivity index (χ3v) is 2.73. The van der Waals surface area contributed by atoms with Gasteiger partial charge in [-0.15, -0.1) is 0 Å². The largest absolute Gasteiger partial charge is 0.340 e. The van der Waals surface area contributed by atoms with Crippen molar-refractivity contribution < 1.29 is 0 Å². The highest BCUT2D eigenvalue weighted by Crippen LogP contribution is 2.21. The van der Waals surface area contributed by atoms with Gasteiger partial charge in [0.2, 0.25) is 0 Å². The van der Waals surface area contributed by atoms with Crippen molar-refractivity contribution in [2.45, 2.75) is 13.8 Å². The van der Waals surface area contributed by atoms with Gasteiger partial charge < -0.3 is 5.32 Å². The molecule has 2 rings (SSSR count). The number of aryl methyl sites for hydroxylation is 2. The highest BCUT2D eigenvalue weighted by molar-refractivity contribution is 5.63. The maximum absolute atomic E-state index is 8.90. The van der Waals surface area contributed by atoms with Crippen LogP contribution >= 0.6 is 0 Å². The van der Waals surface area contributed by atoms with Crippen molar-refractivity contribution in [1.82, 2.24) is 9.97 Å². The molecule has 0 aliphatic heterocycles. The number of para-hydroxylation sites is 1. The Kier molecular flexibility index (Phi) is 3.62. The van der Waals surface area contributed by atoms with Gasteiger partial charge in [0.25, 0.3) is 0 Å². The zero-order chi connectivity index (χ0) is 13.8. The molecule has 0 unspecified atom stereocenters. The molecular weight excluding hydrogens is 238 g/mol. The van der Waals surface area contributed by atoms with Crippen LogP contribution in [0.3, 0.4) is 0 Å². The van der Waals surface area contributed by atoms with Crippen molar-refractivity contribution in [1.29, 1.82) is 5.26 Å². The van der Waals surface area contributed by atoms with Crippen molar-refractivity contribution in [3.63, 3.8) is 0 Å². The van der Waals surface area contributed by atoms with Crippen LogP contribution in [0.1, 0.15) is 11.4 Å². The van der Waals surface area contributed by atoms with Crippen LogP contribution in [-0.4, -0.2) is 17.0 Å². The quantitative estimate of drug-likeness (QED) is 0.673. The number of aromatic nitrogens is 2. The maximum atomic E-state index is 8.90. The fourth-order valence-corrected chi connectivity index (χ4v) is 1.69. The van der Waals surface area contributed by atoms with Crippen molar-refractivity contribution >= 4 is 17.3 Å². The Labute approximate surface area is 112 Å².